The molecule has 1 radical (unpaired) electrons. The molecule has 0 aromatic heterocycles. The van der Waals surface area contributed by atoms with Crippen LogP contribution in [0.5, 0.6) is 5.75 Å². The van der Waals surface area contributed by atoms with Gasteiger partial charge < -0.3 is 9.64 Å². The molecule has 0 unspecified atom stereocenters. The zero-order valence-corrected chi connectivity index (χ0v) is 17.3. The van der Waals surface area contributed by atoms with Crippen molar-refractivity contribution >= 4 is 29.1 Å². The monoisotopic (exact) mass is 449 g/mol. The van der Waals surface area contributed by atoms with Crippen molar-refractivity contribution in [3.8, 4) is 5.75 Å². The molecule has 0 saturated heterocycles. The molecule has 2 rings (SSSR count). The summed E-state index contributed by atoms with van der Waals surface area (Å²) in [6, 6.07) is 4.25. The second-order valence-electron chi connectivity index (χ2n) is 4.63. The zero-order chi connectivity index (χ0) is 17.0. The smallest absolute Gasteiger partial charge is 0.256 e. The number of ether oxygens (including phenoxy) is 1. The Bertz CT molecular complexity index is 667. The SMILES string of the molecule is C=C1C(Cl)=C[C-]=C(c2ccc(OCSC)cc2F)N1CC(F)F.[Y]. The number of alkyl halides is 2. The van der Waals surface area contributed by atoms with Gasteiger partial charge in [0.15, 0.2) is 0 Å². The molecular weight excluding hydrogens is 436 g/mol. The van der Waals surface area contributed by atoms with Crippen LogP contribution in [0.4, 0.5) is 13.2 Å². The first-order valence-electron chi connectivity index (χ1n) is 6.59. The fourth-order valence-electron chi connectivity index (χ4n) is 2.02. The molecule has 1 aliphatic heterocycles. The number of allylic oxidation sites excluding steroid dienone is 3. The largest absolute Gasteiger partial charge is 0.483 e. The van der Waals surface area contributed by atoms with Gasteiger partial charge in [-0.1, -0.05) is 17.8 Å². The van der Waals surface area contributed by atoms with Crippen molar-refractivity contribution in [3.63, 3.8) is 0 Å². The Hall–Kier alpha value is -0.426. The average Bonchev–Trinajstić information content (AvgIpc) is 2.50. The van der Waals surface area contributed by atoms with Crippen LogP contribution in [0, 0.1) is 11.9 Å². The molecule has 1 aromatic carbocycles. The third kappa shape index (κ3) is 5.28. The second kappa shape index (κ2) is 9.90. The van der Waals surface area contributed by atoms with Gasteiger partial charge in [-0.2, -0.15) is 23.8 Å². The number of benzene rings is 1. The van der Waals surface area contributed by atoms with Gasteiger partial charge in [0.05, 0.1) is 12.4 Å². The van der Waals surface area contributed by atoms with Gasteiger partial charge >= 0.3 is 0 Å². The van der Waals surface area contributed by atoms with Gasteiger partial charge in [0.1, 0.15) is 11.7 Å². The minimum absolute atomic E-state index is 0. The Balaban J connectivity index is 0.00000288. The van der Waals surface area contributed by atoms with Crippen LogP contribution < -0.4 is 4.74 Å². The minimum Gasteiger partial charge on any atom is -0.483 e. The van der Waals surface area contributed by atoms with Crippen LogP contribution in [0.2, 0.25) is 0 Å². The zero-order valence-electron chi connectivity index (χ0n) is 12.9. The van der Waals surface area contributed by atoms with E-state index in [4.69, 9.17) is 16.3 Å². The predicted octanol–water partition coefficient (Wildman–Crippen LogP) is 4.88. The fraction of sp³-hybridized carbons (Fsp3) is 0.250. The van der Waals surface area contributed by atoms with Gasteiger partial charge in [0.25, 0.3) is 6.43 Å². The Morgan fingerprint density at radius 2 is 2.12 bits per heavy atom. The minimum atomic E-state index is -2.63. The summed E-state index contributed by atoms with van der Waals surface area (Å²) < 4.78 is 45.3. The van der Waals surface area contributed by atoms with E-state index in [2.05, 4.69) is 12.7 Å². The van der Waals surface area contributed by atoms with Crippen molar-refractivity contribution in [2.45, 2.75) is 6.43 Å². The first-order valence-corrected chi connectivity index (χ1v) is 8.37. The maximum atomic E-state index is 14.4. The average molecular weight is 450 g/mol. The van der Waals surface area contributed by atoms with Crippen LogP contribution in [0.25, 0.3) is 5.70 Å². The number of thioether (sulfide) groups is 1. The molecule has 8 heteroatoms. The molecule has 0 atom stereocenters. The fourth-order valence-corrected chi connectivity index (χ4v) is 2.43. The molecule has 0 bridgehead atoms. The van der Waals surface area contributed by atoms with Gasteiger partial charge in [-0.05, 0) is 23.1 Å². The van der Waals surface area contributed by atoms with E-state index >= 15 is 0 Å². The van der Waals surface area contributed by atoms with Crippen LogP contribution in [0.15, 0.2) is 41.6 Å². The molecule has 1 aliphatic rings. The Morgan fingerprint density at radius 3 is 2.71 bits per heavy atom. The summed E-state index contributed by atoms with van der Waals surface area (Å²) in [6.07, 6.45) is 3.36. The third-order valence-electron chi connectivity index (χ3n) is 3.07. The van der Waals surface area contributed by atoms with E-state index in [9.17, 15) is 13.2 Å². The van der Waals surface area contributed by atoms with Crippen molar-refractivity contribution in [1.29, 1.82) is 0 Å². The van der Waals surface area contributed by atoms with Gasteiger partial charge in [-0.3, -0.25) is 0 Å². The molecule has 1 heterocycles. The van der Waals surface area contributed by atoms with E-state index in [1.807, 2.05) is 6.26 Å². The van der Waals surface area contributed by atoms with Crippen LogP contribution in [0.3, 0.4) is 0 Å². The molecular formula is C16H14ClF3NOSY-. The van der Waals surface area contributed by atoms with Crippen molar-refractivity contribution in [2.75, 3.05) is 18.7 Å². The summed E-state index contributed by atoms with van der Waals surface area (Å²) in [5.41, 5.74) is 0.472. The van der Waals surface area contributed by atoms with Crippen LogP contribution >= 0.6 is 23.4 Å². The van der Waals surface area contributed by atoms with E-state index in [0.717, 1.165) is 4.90 Å². The van der Waals surface area contributed by atoms with Crippen LogP contribution in [-0.4, -0.2) is 30.1 Å². The normalized spacial score (nSPS) is 14.2. The Labute approximate surface area is 173 Å². The molecule has 0 saturated carbocycles. The predicted molar refractivity (Wildman–Crippen MR) is 87.8 cm³/mol. The summed E-state index contributed by atoms with van der Waals surface area (Å²) in [4.78, 5) is 1.16. The Kier molecular flexibility index (Phi) is 8.92. The third-order valence-corrected chi connectivity index (χ3v) is 3.75. The molecule has 1 aromatic rings. The standard InChI is InChI=1S/C16H14ClF3NOS.Y/c1-10-13(17)5-6-15(21(10)8-16(19)20)12-4-3-11(7-14(12)18)22-9-23-2;/h3-5,7,16H,1,8-9H2,2H3;/q-1;. The van der Waals surface area contributed by atoms with Crippen molar-refractivity contribution < 1.29 is 50.6 Å². The van der Waals surface area contributed by atoms with Gasteiger partial charge in [0.2, 0.25) is 0 Å². The first-order chi connectivity index (χ1) is 10.9. The quantitative estimate of drug-likeness (QED) is 0.453. The van der Waals surface area contributed by atoms with Crippen molar-refractivity contribution in [1.82, 2.24) is 4.90 Å². The number of hydrogen-bond donors (Lipinski definition) is 0. The molecule has 0 aliphatic carbocycles. The van der Waals surface area contributed by atoms with E-state index in [0.29, 0.717) is 11.7 Å². The van der Waals surface area contributed by atoms with Crippen LogP contribution in [-0.2, 0) is 32.7 Å². The van der Waals surface area contributed by atoms with Crippen molar-refractivity contribution in [3.05, 3.63) is 59.0 Å². The number of hydrogen-bond acceptors (Lipinski definition) is 3. The first kappa shape index (κ1) is 21.6. The number of rotatable bonds is 6. The Morgan fingerprint density at radius 1 is 1.42 bits per heavy atom. The maximum Gasteiger partial charge on any atom is 0.256 e. The number of halogens is 4. The molecule has 0 spiro atoms. The topological polar surface area (TPSA) is 12.5 Å². The number of nitrogens with zero attached hydrogens (tertiary/aromatic N) is 1. The summed E-state index contributed by atoms with van der Waals surface area (Å²) in [5, 5.41) is 0.190. The van der Waals surface area contributed by atoms with Gasteiger partial charge in [-0.25, -0.2) is 13.2 Å². The van der Waals surface area contributed by atoms with E-state index in [-0.39, 0.29) is 54.7 Å². The summed E-state index contributed by atoms with van der Waals surface area (Å²) in [6.45, 7) is 3.03. The molecule has 2 nitrogen and oxygen atoms in total. The molecule has 24 heavy (non-hydrogen) atoms. The second-order valence-corrected chi connectivity index (χ2v) is 5.85. The van der Waals surface area contributed by atoms with Gasteiger partial charge in [0, 0.05) is 38.8 Å². The summed E-state index contributed by atoms with van der Waals surface area (Å²) >= 11 is 7.36. The summed E-state index contributed by atoms with van der Waals surface area (Å²) in [7, 11) is 0. The molecule has 0 N–H and O–H groups in total. The van der Waals surface area contributed by atoms with Crippen LogP contribution in [0.1, 0.15) is 5.56 Å². The van der Waals surface area contributed by atoms with Crippen molar-refractivity contribution in [2.24, 2.45) is 0 Å². The van der Waals surface area contributed by atoms with E-state index in [1.54, 1.807) is 6.07 Å². The molecule has 0 fully saturated rings. The summed E-state index contributed by atoms with van der Waals surface area (Å²) in [5.74, 6) is 0.162. The van der Waals surface area contributed by atoms with E-state index < -0.39 is 18.8 Å². The molecule has 0 amide bonds. The maximum absolute atomic E-state index is 14.4. The van der Waals surface area contributed by atoms with Gasteiger partial charge in [-0.15, -0.1) is 17.8 Å². The van der Waals surface area contributed by atoms with E-state index in [1.165, 1.54) is 30.0 Å². The molecule has 127 valence electrons.